The van der Waals surface area contributed by atoms with Crippen molar-refractivity contribution < 1.29 is 13.2 Å². The lowest BCUT2D eigenvalue weighted by Crippen LogP contribution is -2.45. The van der Waals surface area contributed by atoms with Gasteiger partial charge in [0.05, 0.1) is 10.9 Å². The highest BCUT2D eigenvalue weighted by Gasteiger charge is 2.48. The van der Waals surface area contributed by atoms with E-state index in [1.807, 2.05) is 30.0 Å². The lowest BCUT2D eigenvalue weighted by atomic mass is 9.66. The van der Waals surface area contributed by atoms with Crippen LogP contribution < -0.4 is 14.9 Å². The Balaban J connectivity index is 1.50. The van der Waals surface area contributed by atoms with Crippen molar-refractivity contribution in [2.75, 3.05) is 18.5 Å². The Hall–Kier alpha value is -2.38. The molecule has 1 spiro atoms. The van der Waals surface area contributed by atoms with Crippen LogP contribution in [0, 0.1) is 0 Å². The second-order valence-corrected chi connectivity index (χ2v) is 9.57. The quantitative estimate of drug-likeness (QED) is 0.828. The first-order valence-electron chi connectivity index (χ1n) is 9.57. The molecule has 1 atom stereocenters. The number of rotatable bonds is 4. The number of hydrogen-bond acceptors (Lipinski definition) is 3. The molecule has 2 aliphatic rings. The van der Waals surface area contributed by atoms with Crippen molar-refractivity contribution in [1.82, 2.24) is 10.0 Å². The van der Waals surface area contributed by atoms with E-state index in [0.29, 0.717) is 0 Å². The molecule has 2 aromatic carbocycles. The molecule has 0 radical (unpaired) electrons. The second-order valence-electron chi connectivity index (χ2n) is 7.68. The lowest BCUT2D eigenvalue weighted by molar-refractivity contribution is 0.233. The first-order valence-corrected chi connectivity index (χ1v) is 11.1. The summed E-state index contributed by atoms with van der Waals surface area (Å²) in [7, 11) is -2.08. The van der Waals surface area contributed by atoms with Gasteiger partial charge in [-0.3, -0.25) is 4.90 Å². The highest BCUT2D eigenvalue weighted by atomic mass is 32.2. The maximum Gasteiger partial charge on any atom is 0.322 e. The van der Waals surface area contributed by atoms with Gasteiger partial charge in [-0.2, -0.15) is 0 Å². The molecule has 2 amide bonds. The van der Waals surface area contributed by atoms with Crippen molar-refractivity contribution in [3.8, 4) is 0 Å². The molecule has 2 aromatic rings. The van der Waals surface area contributed by atoms with Gasteiger partial charge >= 0.3 is 6.03 Å². The number of fused-ring (bicyclic) bond motifs is 2. The van der Waals surface area contributed by atoms with Gasteiger partial charge in [0, 0.05) is 17.6 Å². The highest BCUT2D eigenvalue weighted by molar-refractivity contribution is 7.89. The SMILES string of the molecule is CNS(=O)(=O)c1ccc(C(C)NC(=O)N2CC3(CCC3)c3ccccc32)cc1. The van der Waals surface area contributed by atoms with Crippen molar-refractivity contribution in [2.45, 2.75) is 42.5 Å². The van der Waals surface area contributed by atoms with Gasteiger partial charge in [0.1, 0.15) is 0 Å². The molecule has 1 heterocycles. The molecule has 0 aromatic heterocycles. The van der Waals surface area contributed by atoms with E-state index in [1.165, 1.54) is 19.0 Å². The maximum atomic E-state index is 13.0. The Morgan fingerprint density at radius 1 is 1.11 bits per heavy atom. The highest BCUT2D eigenvalue weighted by Crippen LogP contribution is 2.52. The number of carbonyl (C=O) groups excluding carboxylic acids is 1. The van der Waals surface area contributed by atoms with Crippen molar-refractivity contribution in [1.29, 1.82) is 0 Å². The molecule has 148 valence electrons. The van der Waals surface area contributed by atoms with Gasteiger partial charge in [0.25, 0.3) is 0 Å². The van der Waals surface area contributed by atoms with Gasteiger partial charge in [0.15, 0.2) is 0 Å². The van der Waals surface area contributed by atoms with Crippen LogP contribution in [0.5, 0.6) is 0 Å². The fourth-order valence-corrected chi connectivity index (χ4v) is 4.97. The molecule has 1 unspecified atom stereocenters. The van der Waals surface area contributed by atoms with Crippen LogP contribution in [0.1, 0.15) is 43.4 Å². The summed E-state index contributed by atoms with van der Waals surface area (Å²) in [5, 5.41) is 3.06. The van der Waals surface area contributed by atoms with Crippen molar-refractivity contribution in [3.63, 3.8) is 0 Å². The Kier molecular flexibility index (Phi) is 4.67. The number of amides is 2. The summed E-state index contributed by atoms with van der Waals surface area (Å²) >= 11 is 0. The van der Waals surface area contributed by atoms with E-state index in [2.05, 4.69) is 16.1 Å². The Morgan fingerprint density at radius 2 is 1.79 bits per heavy atom. The first kappa shape index (κ1) is 19.0. The molecule has 6 nitrogen and oxygen atoms in total. The average Bonchev–Trinajstić information content (AvgIpc) is 3.04. The smallest absolute Gasteiger partial charge is 0.322 e. The number of urea groups is 1. The van der Waals surface area contributed by atoms with Gasteiger partial charge in [0.2, 0.25) is 10.0 Å². The third-order valence-electron chi connectivity index (χ3n) is 6.08. The van der Waals surface area contributed by atoms with Crippen LogP contribution in [0.4, 0.5) is 10.5 Å². The zero-order chi connectivity index (χ0) is 19.9. The number of hydrogen-bond donors (Lipinski definition) is 2. The summed E-state index contributed by atoms with van der Waals surface area (Å²) in [5.41, 5.74) is 3.27. The molecule has 4 rings (SSSR count). The van der Waals surface area contributed by atoms with Crippen LogP contribution in [-0.4, -0.2) is 28.0 Å². The third kappa shape index (κ3) is 3.08. The number of nitrogens with one attached hydrogen (secondary N) is 2. The summed E-state index contributed by atoms with van der Waals surface area (Å²) in [6, 6.07) is 14.4. The number of anilines is 1. The molecular weight excluding hydrogens is 374 g/mol. The van der Waals surface area contributed by atoms with E-state index < -0.39 is 10.0 Å². The van der Waals surface area contributed by atoms with Crippen LogP contribution >= 0.6 is 0 Å². The largest absolute Gasteiger partial charge is 0.331 e. The maximum absolute atomic E-state index is 13.0. The summed E-state index contributed by atoms with van der Waals surface area (Å²) in [6.45, 7) is 2.63. The normalized spacial score (nSPS) is 18.4. The number of nitrogens with zero attached hydrogens (tertiary/aromatic N) is 1. The van der Waals surface area contributed by atoms with Crippen LogP contribution in [0.25, 0.3) is 0 Å². The molecule has 1 aliphatic heterocycles. The minimum Gasteiger partial charge on any atom is -0.331 e. The monoisotopic (exact) mass is 399 g/mol. The zero-order valence-electron chi connectivity index (χ0n) is 16.1. The number of carbonyl (C=O) groups is 1. The van der Waals surface area contributed by atoms with Gasteiger partial charge in [-0.15, -0.1) is 0 Å². The van der Waals surface area contributed by atoms with Gasteiger partial charge in [-0.25, -0.2) is 17.9 Å². The van der Waals surface area contributed by atoms with E-state index >= 15 is 0 Å². The van der Waals surface area contributed by atoms with E-state index in [9.17, 15) is 13.2 Å². The number of para-hydroxylation sites is 1. The fourth-order valence-electron chi connectivity index (χ4n) is 4.24. The molecule has 0 saturated heterocycles. The Bertz CT molecular complexity index is 998. The molecular formula is C21H25N3O3S. The summed E-state index contributed by atoms with van der Waals surface area (Å²) in [5.74, 6) is 0. The zero-order valence-corrected chi connectivity index (χ0v) is 16.9. The fraction of sp³-hybridized carbons (Fsp3) is 0.381. The first-order chi connectivity index (χ1) is 13.4. The minimum absolute atomic E-state index is 0.115. The molecule has 7 heteroatoms. The molecule has 28 heavy (non-hydrogen) atoms. The van der Waals surface area contributed by atoms with Crippen molar-refractivity contribution >= 4 is 21.7 Å². The molecule has 0 bridgehead atoms. The number of benzene rings is 2. The summed E-state index contributed by atoms with van der Waals surface area (Å²) in [4.78, 5) is 15.1. The van der Waals surface area contributed by atoms with Crippen LogP contribution in [-0.2, 0) is 15.4 Å². The van der Waals surface area contributed by atoms with Gasteiger partial charge < -0.3 is 5.32 Å². The van der Waals surface area contributed by atoms with Crippen LogP contribution in [0.3, 0.4) is 0 Å². The average molecular weight is 400 g/mol. The topological polar surface area (TPSA) is 78.5 Å². The Morgan fingerprint density at radius 3 is 2.39 bits per heavy atom. The third-order valence-corrected chi connectivity index (χ3v) is 7.51. The second kappa shape index (κ2) is 6.90. The van der Waals surface area contributed by atoms with E-state index in [-0.39, 0.29) is 22.4 Å². The van der Waals surface area contributed by atoms with Gasteiger partial charge in [-0.1, -0.05) is 36.8 Å². The van der Waals surface area contributed by atoms with Crippen LogP contribution in [0.2, 0.25) is 0 Å². The minimum atomic E-state index is -3.47. The van der Waals surface area contributed by atoms with Crippen LogP contribution in [0.15, 0.2) is 53.4 Å². The van der Waals surface area contributed by atoms with E-state index in [0.717, 1.165) is 30.6 Å². The summed E-state index contributed by atoms with van der Waals surface area (Å²) < 4.78 is 26.0. The van der Waals surface area contributed by atoms with E-state index in [1.54, 1.807) is 24.3 Å². The van der Waals surface area contributed by atoms with Crippen molar-refractivity contribution in [3.05, 3.63) is 59.7 Å². The summed E-state index contributed by atoms with van der Waals surface area (Å²) in [6.07, 6.45) is 3.47. The molecule has 2 N–H and O–H groups in total. The van der Waals surface area contributed by atoms with Gasteiger partial charge in [-0.05, 0) is 56.1 Å². The number of sulfonamides is 1. The lowest BCUT2D eigenvalue weighted by Gasteiger charge is -2.39. The predicted molar refractivity (Wildman–Crippen MR) is 109 cm³/mol. The Labute approximate surface area is 166 Å². The predicted octanol–water partition coefficient (Wildman–Crippen LogP) is 3.31. The standard InChI is InChI=1S/C21H25N3O3S/c1-15(16-8-10-17(11-9-16)28(26,27)22-2)23-20(25)24-14-21(12-5-13-21)18-6-3-4-7-19(18)24/h3-4,6-11,15,22H,5,12-14H2,1-2H3,(H,23,25). The van der Waals surface area contributed by atoms with Crippen molar-refractivity contribution in [2.24, 2.45) is 0 Å². The molecule has 1 aliphatic carbocycles. The molecule has 1 fully saturated rings. The molecule has 1 saturated carbocycles. The van der Waals surface area contributed by atoms with E-state index in [4.69, 9.17) is 0 Å².